The minimum atomic E-state index is -0.461. The van der Waals surface area contributed by atoms with Gasteiger partial charge in [-0.2, -0.15) is 0 Å². The highest BCUT2D eigenvalue weighted by Gasteiger charge is 2.26. The van der Waals surface area contributed by atoms with E-state index in [0.717, 1.165) is 37.2 Å². The second-order valence-electron chi connectivity index (χ2n) is 8.17. The number of hydrogen-bond donors (Lipinski definition) is 0. The Balaban J connectivity index is 2.12. The van der Waals surface area contributed by atoms with Crippen LogP contribution < -0.4 is 0 Å². The summed E-state index contributed by atoms with van der Waals surface area (Å²) in [7, 11) is 0. The molecule has 0 radical (unpaired) electrons. The molecule has 1 amide bonds. The van der Waals surface area contributed by atoms with E-state index in [1.54, 1.807) is 6.92 Å². The van der Waals surface area contributed by atoms with Gasteiger partial charge in [-0.1, -0.05) is 50.1 Å². The molecule has 0 saturated heterocycles. The first-order chi connectivity index (χ1) is 15.4. The van der Waals surface area contributed by atoms with Crippen LogP contribution in [0, 0.1) is 6.92 Å². The van der Waals surface area contributed by atoms with E-state index >= 15 is 0 Å². The minimum Gasteiger partial charge on any atom is -0.465 e. The van der Waals surface area contributed by atoms with Crippen molar-refractivity contribution in [3.8, 4) is 0 Å². The summed E-state index contributed by atoms with van der Waals surface area (Å²) in [6.45, 7) is 9.85. The first-order valence-corrected chi connectivity index (χ1v) is 11.7. The maximum Gasteiger partial charge on any atom is 0.323 e. The Morgan fingerprint density at radius 3 is 2.41 bits per heavy atom. The molecule has 1 aromatic heterocycles. The second-order valence-corrected chi connectivity index (χ2v) is 8.17. The number of nitrogens with zero attached hydrogens (tertiary/aromatic N) is 2. The third kappa shape index (κ3) is 8.50. The molecule has 1 heterocycles. The summed E-state index contributed by atoms with van der Waals surface area (Å²) < 4.78 is 11.0. The molecule has 6 nitrogen and oxygen atoms in total. The van der Waals surface area contributed by atoms with Crippen molar-refractivity contribution in [3.63, 3.8) is 0 Å². The highest BCUT2D eigenvalue weighted by Crippen LogP contribution is 2.13. The van der Waals surface area contributed by atoms with E-state index in [1.807, 2.05) is 54.0 Å². The average Bonchev–Trinajstić information content (AvgIpc) is 3.20. The van der Waals surface area contributed by atoms with Crippen LogP contribution in [-0.4, -0.2) is 54.0 Å². The number of ether oxygens (including phenoxy) is 1. The van der Waals surface area contributed by atoms with E-state index in [4.69, 9.17) is 9.15 Å². The van der Waals surface area contributed by atoms with Gasteiger partial charge in [0.05, 0.1) is 19.7 Å². The fourth-order valence-electron chi connectivity index (χ4n) is 3.62. The van der Waals surface area contributed by atoms with Crippen LogP contribution in [0.1, 0.15) is 57.1 Å². The molecule has 0 aliphatic rings. The van der Waals surface area contributed by atoms with E-state index in [0.29, 0.717) is 26.2 Å². The number of esters is 1. The fraction of sp³-hybridized carbons (Fsp3) is 0.538. The molecule has 32 heavy (non-hydrogen) atoms. The number of carbonyl (C=O) groups is 2. The number of carbonyl (C=O) groups excluding carboxylic acids is 2. The van der Waals surface area contributed by atoms with Crippen molar-refractivity contribution in [3.05, 3.63) is 59.5 Å². The molecule has 0 fully saturated rings. The van der Waals surface area contributed by atoms with Gasteiger partial charge >= 0.3 is 5.97 Å². The number of furan rings is 1. The van der Waals surface area contributed by atoms with E-state index in [2.05, 4.69) is 19.1 Å². The predicted molar refractivity (Wildman–Crippen MR) is 126 cm³/mol. The van der Waals surface area contributed by atoms with E-state index < -0.39 is 6.04 Å². The van der Waals surface area contributed by atoms with Crippen LogP contribution in [0.2, 0.25) is 0 Å². The maximum absolute atomic E-state index is 13.4. The van der Waals surface area contributed by atoms with E-state index in [-0.39, 0.29) is 18.4 Å². The van der Waals surface area contributed by atoms with Crippen LogP contribution in [0.25, 0.3) is 0 Å². The number of aryl methyl sites for hydroxylation is 1. The third-order valence-corrected chi connectivity index (χ3v) is 5.57. The van der Waals surface area contributed by atoms with Crippen LogP contribution in [0.4, 0.5) is 0 Å². The maximum atomic E-state index is 13.4. The Kier molecular flexibility index (Phi) is 11.0. The molecule has 0 N–H and O–H groups in total. The zero-order chi connectivity index (χ0) is 23.3. The van der Waals surface area contributed by atoms with Gasteiger partial charge in [0.25, 0.3) is 0 Å². The molecular formula is C26H38N2O4. The van der Waals surface area contributed by atoms with Gasteiger partial charge in [-0.15, -0.1) is 0 Å². The highest BCUT2D eigenvalue weighted by atomic mass is 16.5. The van der Waals surface area contributed by atoms with Crippen molar-refractivity contribution < 1.29 is 18.7 Å². The summed E-state index contributed by atoms with van der Waals surface area (Å²) in [5, 5.41) is 0. The van der Waals surface area contributed by atoms with Crippen molar-refractivity contribution in [1.29, 1.82) is 0 Å². The number of amides is 1. The summed E-state index contributed by atoms with van der Waals surface area (Å²) in [5.74, 6) is 1.30. The Labute approximate surface area is 192 Å². The monoisotopic (exact) mass is 442 g/mol. The van der Waals surface area contributed by atoms with Crippen LogP contribution in [0.5, 0.6) is 0 Å². The number of rotatable bonds is 14. The van der Waals surface area contributed by atoms with Gasteiger partial charge < -0.3 is 14.1 Å². The topological polar surface area (TPSA) is 63.0 Å². The zero-order valence-electron chi connectivity index (χ0n) is 20.0. The van der Waals surface area contributed by atoms with Gasteiger partial charge in [0.1, 0.15) is 17.6 Å². The van der Waals surface area contributed by atoms with Crippen molar-refractivity contribution in [1.82, 2.24) is 9.80 Å². The molecule has 2 rings (SSSR count). The molecular weight excluding hydrogens is 404 g/mol. The van der Waals surface area contributed by atoms with Crippen LogP contribution in [0.15, 0.2) is 46.9 Å². The summed E-state index contributed by atoms with van der Waals surface area (Å²) in [5.41, 5.74) is 1.18. The van der Waals surface area contributed by atoms with Gasteiger partial charge in [-0.05, 0) is 57.9 Å². The quantitative estimate of drug-likeness (QED) is 0.316. The van der Waals surface area contributed by atoms with E-state index in [9.17, 15) is 9.59 Å². The zero-order valence-corrected chi connectivity index (χ0v) is 20.0. The smallest absolute Gasteiger partial charge is 0.323 e. The fourth-order valence-corrected chi connectivity index (χ4v) is 3.62. The molecule has 0 bridgehead atoms. The van der Waals surface area contributed by atoms with Crippen molar-refractivity contribution in [2.75, 3.05) is 26.2 Å². The Morgan fingerprint density at radius 1 is 1.03 bits per heavy atom. The first kappa shape index (κ1) is 25.7. The molecule has 0 spiro atoms. The van der Waals surface area contributed by atoms with Gasteiger partial charge in [0.2, 0.25) is 5.91 Å². The Hall–Kier alpha value is -2.60. The lowest BCUT2D eigenvalue weighted by Gasteiger charge is -2.30. The highest BCUT2D eigenvalue weighted by molar-refractivity contribution is 5.80. The van der Waals surface area contributed by atoms with Crippen molar-refractivity contribution in [2.45, 2.75) is 66.0 Å². The summed E-state index contributed by atoms with van der Waals surface area (Å²) in [4.78, 5) is 29.5. The first-order valence-electron chi connectivity index (χ1n) is 11.7. The normalized spacial score (nSPS) is 12.0. The number of unbranched alkanes of at least 4 members (excludes halogenated alkanes) is 2. The van der Waals surface area contributed by atoms with Crippen LogP contribution >= 0.6 is 0 Å². The van der Waals surface area contributed by atoms with E-state index in [1.165, 1.54) is 5.56 Å². The average molecular weight is 443 g/mol. The molecule has 1 aromatic carbocycles. The molecule has 1 atom stereocenters. The lowest BCUT2D eigenvalue weighted by molar-refractivity contribution is -0.150. The lowest BCUT2D eigenvalue weighted by atomic mass is 10.1. The Bertz CT molecular complexity index is 818. The van der Waals surface area contributed by atoms with Crippen molar-refractivity contribution in [2.24, 2.45) is 0 Å². The summed E-state index contributed by atoms with van der Waals surface area (Å²) in [6.07, 6.45) is 3.84. The molecule has 176 valence electrons. The molecule has 0 aliphatic carbocycles. The van der Waals surface area contributed by atoms with Crippen LogP contribution in [0.3, 0.4) is 0 Å². The SMILES string of the molecule is CCCCCN(CC(=O)N(CCc1ccccc1)Cc1ccc(C)o1)[C@@H](C)C(=O)OCC. The molecule has 2 aromatic rings. The van der Waals surface area contributed by atoms with Gasteiger partial charge in [0, 0.05) is 6.54 Å². The second kappa shape index (κ2) is 13.7. The lowest BCUT2D eigenvalue weighted by Crippen LogP contribution is -2.47. The Morgan fingerprint density at radius 2 is 1.78 bits per heavy atom. The number of benzene rings is 1. The standard InChI is InChI=1S/C26H38N2O4/c1-5-7-11-17-27(22(4)26(30)31-6-2)20-25(29)28(19-24-15-14-21(3)32-24)18-16-23-12-9-8-10-13-23/h8-10,12-15,22H,5-7,11,16-20H2,1-4H3/t22-/m0/s1. The van der Waals surface area contributed by atoms with Gasteiger partial charge in [-0.25, -0.2) is 0 Å². The number of hydrogen-bond acceptors (Lipinski definition) is 5. The molecule has 0 unspecified atom stereocenters. The van der Waals surface area contributed by atoms with Crippen LogP contribution in [-0.2, 0) is 27.3 Å². The largest absolute Gasteiger partial charge is 0.465 e. The minimum absolute atomic E-state index is 0.0115. The molecule has 0 saturated carbocycles. The van der Waals surface area contributed by atoms with Gasteiger partial charge in [0.15, 0.2) is 0 Å². The van der Waals surface area contributed by atoms with Gasteiger partial charge in [-0.3, -0.25) is 14.5 Å². The summed E-state index contributed by atoms with van der Waals surface area (Å²) >= 11 is 0. The van der Waals surface area contributed by atoms with Crippen molar-refractivity contribution >= 4 is 11.9 Å². The molecule has 0 aliphatic heterocycles. The summed E-state index contributed by atoms with van der Waals surface area (Å²) in [6, 6.07) is 13.5. The predicted octanol–water partition coefficient (Wildman–Crippen LogP) is 4.60. The molecule has 6 heteroatoms. The third-order valence-electron chi connectivity index (χ3n) is 5.57.